The molecule has 2 bridgehead atoms. The van der Waals surface area contributed by atoms with Gasteiger partial charge in [0.05, 0.1) is 23.3 Å². The lowest BCUT2D eigenvalue weighted by molar-refractivity contribution is 0.0700. The molecule has 3 fully saturated rings. The lowest BCUT2D eigenvalue weighted by atomic mass is 10.1. The Kier molecular flexibility index (Phi) is 4.89. The third-order valence-electron chi connectivity index (χ3n) is 8.38. The van der Waals surface area contributed by atoms with E-state index in [0.29, 0.717) is 28.2 Å². The number of nitrogens with zero attached hydrogens (tertiary/aromatic N) is 5. The Morgan fingerprint density at radius 1 is 1.19 bits per heavy atom. The number of halogens is 1. The average molecular weight is 505 g/mol. The third kappa shape index (κ3) is 3.27. The number of fused-ring (bicyclic) bond motifs is 4. The summed E-state index contributed by atoms with van der Waals surface area (Å²) in [5, 5.41) is 1.61. The van der Waals surface area contributed by atoms with E-state index in [0.717, 1.165) is 59.5 Å². The van der Waals surface area contributed by atoms with Crippen LogP contribution in [0.5, 0.6) is 5.75 Å². The quantitative estimate of drug-likeness (QED) is 0.439. The van der Waals surface area contributed by atoms with Gasteiger partial charge in [-0.15, -0.1) is 0 Å². The molecule has 9 heteroatoms. The van der Waals surface area contributed by atoms with E-state index in [4.69, 9.17) is 27.1 Å². The van der Waals surface area contributed by atoms with Crippen molar-refractivity contribution in [3.63, 3.8) is 0 Å². The van der Waals surface area contributed by atoms with Crippen molar-refractivity contribution in [2.45, 2.75) is 44.3 Å². The van der Waals surface area contributed by atoms with Crippen LogP contribution in [0, 0.1) is 11.8 Å². The zero-order valence-corrected chi connectivity index (χ0v) is 21.2. The van der Waals surface area contributed by atoms with Gasteiger partial charge in [0, 0.05) is 49.4 Å². The summed E-state index contributed by atoms with van der Waals surface area (Å²) < 4.78 is 10.1. The summed E-state index contributed by atoms with van der Waals surface area (Å²) in [7, 11) is 3.63. The molecule has 186 valence electrons. The van der Waals surface area contributed by atoms with Crippen molar-refractivity contribution in [1.82, 2.24) is 24.0 Å². The van der Waals surface area contributed by atoms with Crippen LogP contribution in [0.25, 0.3) is 33.6 Å². The minimum absolute atomic E-state index is 0.00624. The van der Waals surface area contributed by atoms with Crippen LogP contribution >= 0.6 is 11.6 Å². The van der Waals surface area contributed by atoms with Crippen LogP contribution in [0.2, 0.25) is 5.02 Å². The number of carbonyl (C=O) groups is 1. The fraction of sp³-hybridized carbons (Fsp3) is 0.444. The maximum absolute atomic E-state index is 13.5. The highest BCUT2D eigenvalue weighted by Crippen LogP contribution is 2.40. The van der Waals surface area contributed by atoms with Gasteiger partial charge >= 0.3 is 0 Å². The Labute approximate surface area is 214 Å². The molecule has 4 aromatic rings. The molecule has 7 rings (SSSR count). The molecule has 36 heavy (non-hydrogen) atoms. The number of hydrogen-bond donors (Lipinski definition) is 1. The highest BCUT2D eigenvalue weighted by Gasteiger charge is 2.47. The van der Waals surface area contributed by atoms with E-state index < -0.39 is 0 Å². The van der Waals surface area contributed by atoms with Gasteiger partial charge in [0.2, 0.25) is 0 Å². The lowest BCUT2D eigenvalue weighted by Gasteiger charge is -2.27. The van der Waals surface area contributed by atoms with Crippen molar-refractivity contribution < 1.29 is 9.53 Å². The number of amides is 1. The van der Waals surface area contributed by atoms with Crippen LogP contribution < -0.4 is 10.5 Å². The van der Waals surface area contributed by atoms with Gasteiger partial charge in [-0.05, 0) is 61.8 Å². The molecule has 3 aliphatic rings. The molecule has 3 aromatic heterocycles. The molecule has 3 atom stereocenters. The lowest BCUT2D eigenvalue weighted by Crippen LogP contribution is -2.41. The summed E-state index contributed by atoms with van der Waals surface area (Å²) in [6.45, 7) is 1.63. The molecule has 1 aromatic carbocycles. The summed E-state index contributed by atoms with van der Waals surface area (Å²) in [6, 6.07) is 8.00. The van der Waals surface area contributed by atoms with Gasteiger partial charge in [-0.2, -0.15) is 0 Å². The van der Waals surface area contributed by atoms with E-state index >= 15 is 0 Å². The van der Waals surface area contributed by atoms with Gasteiger partial charge in [-0.3, -0.25) is 4.79 Å². The largest absolute Gasteiger partial charge is 0.494 e. The Balaban J connectivity index is 1.35. The van der Waals surface area contributed by atoms with Crippen molar-refractivity contribution >= 4 is 39.6 Å². The number of carbonyl (C=O) groups excluding carboxylic acids is 1. The molecule has 0 spiro atoms. The van der Waals surface area contributed by atoms with Crippen molar-refractivity contribution in [2.75, 3.05) is 13.7 Å². The number of ether oxygens (including phenoxy) is 1. The van der Waals surface area contributed by atoms with Crippen LogP contribution in [0.4, 0.5) is 0 Å². The molecule has 1 saturated heterocycles. The van der Waals surface area contributed by atoms with Crippen molar-refractivity contribution in [1.29, 1.82) is 0 Å². The minimum Gasteiger partial charge on any atom is -0.494 e. The van der Waals surface area contributed by atoms with Crippen LogP contribution in [0.3, 0.4) is 0 Å². The fourth-order valence-corrected chi connectivity index (χ4v) is 6.48. The normalized spacial score (nSPS) is 23.3. The average Bonchev–Trinajstić information content (AvgIpc) is 3.28. The first kappa shape index (κ1) is 22.1. The summed E-state index contributed by atoms with van der Waals surface area (Å²) in [5.74, 6) is 2.52. The SMILES string of the molecule is COc1cc(C(=O)N2C[C@H]3CCC2C3N)cc2nc(-c3cc4cc(Cl)cnc4n3CC3CC3)n(C)c12. The predicted octanol–water partition coefficient (Wildman–Crippen LogP) is 4.22. The molecule has 1 aliphatic heterocycles. The summed E-state index contributed by atoms with van der Waals surface area (Å²) in [6.07, 6.45) is 6.25. The Bertz CT molecular complexity index is 1540. The standard InChI is InChI=1S/C27H29ClN6O2/c1-32-24-19(8-17(10-22(24)36-2)27(35)34-13-15-5-6-20(34)23(15)29)31-26(32)21-9-16-7-18(28)11-30-25(16)33(21)12-14-3-4-14/h7-11,14-15,20,23H,3-6,12-13,29H2,1-2H3/t15-,20?,23?/m1/s1. The molecular formula is C27H29ClN6O2. The monoisotopic (exact) mass is 504 g/mol. The summed E-state index contributed by atoms with van der Waals surface area (Å²) in [4.78, 5) is 25.2. The fourth-order valence-electron chi connectivity index (χ4n) is 6.31. The second-order valence-electron chi connectivity index (χ2n) is 10.6. The van der Waals surface area contributed by atoms with Gasteiger partial charge in [0.1, 0.15) is 16.9 Å². The van der Waals surface area contributed by atoms with E-state index in [-0.39, 0.29) is 18.0 Å². The number of hydrogen-bond acceptors (Lipinski definition) is 5. The van der Waals surface area contributed by atoms with E-state index in [1.165, 1.54) is 12.8 Å². The molecule has 2 saturated carbocycles. The molecule has 4 heterocycles. The first-order valence-corrected chi connectivity index (χ1v) is 13.1. The van der Waals surface area contributed by atoms with Gasteiger partial charge in [0.25, 0.3) is 5.91 Å². The van der Waals surface area contributed by atoms with Crippen LogP contribution in [0.1, 0.15) is 36.0 Å². The smallest absolute Gasteiger partial charge is 0.254 e. The molecule has 2 N–H and O–H groups in total. The van der Waals surface area contributed by atoms with Crippen molar-refractivity contribution in [3.05, 3.63) is 41.0 Å². The number of piperidine rings is 1. The number of aromatic nitrogens is 4. The number of methoxy groups -OCH3 is 1. The highest BCUT2D eigenvalue weighted by molar-refractivity contribution is 6.31. The molecule has 0 radical (unpaired) electrons. The van der Waals surface area contributed by atoms with Crippen LogP contribution in [-0.4, -0.2) is 55.6 Å². The number of pyridine rings is 1. The molecule has 1 amide bonds. The third-order valence-corrected chi connectivity index (χ3v) is 8.59. The van der Waals surface area contributed by atoms with Crippen molar-refractivity contribution in [2.24, 2.45) is 24.6 Å². The van der Waals surface area contributed by atoms with Gasteiger partial charge in [-0.1, -0.05) is 11.6 Å². The topological polar surface area (TPSA) is 91.2 Å². The second-order valence-corrected chi connectivity index (χ2v) is 11.1. The number of imidazole rings is 1. The highest BCUT2D eigenvalue weighted by atomic mass is 35.5. The van der Waals surface area contributed by atoms with E-state index in [2.05, 4.69) is 20.2 Å². The Morgan fingerprint density at radius 3 is 2.72 bits per heavy atom. The number of benzene rings is 1. The van der Waals surface area contributed by atoms with Crippen LogP contribution in [-0.2, 0) is 13.6 Å². The maximum Gasteiger partial charge on any atom is 0.254 e. The first-order valence-electron chi connectivity index (χ1n) is 12.7. The predicted molar refractivity (Wildman–Crippen MR) is 139 cm³/mol. The zero-order chi connectivity index (χ0) is 24.7. The molecule has 8 nitrogen and oxygen atoms in total. The van der Waals surface area contributed by atoms with Gasteiger partial charge in [0.15, 0.2) is 5.82 Å². The van der Waals surface area contributed by atoms with E-state index in [1.807, 2.05) is 30.1 Å². The maximum atomic E-state index is 13.5. The van der Waals surface area contributed by atoms with E-state index in [1.54, 1.807) is 13.3 Å². The number of rotatable bonds is 5. The molecular weight excluding hydrogens is 476 g/mol. The number of nitrogens with two attached hydrogens (primary N) is 1. The Morgan fingerprint density at radius 2 is 2.03 bits per heavy atom. The zero-order valence-electron chi connectivity index (χ0n) is 20.4. The Hall–Kier alpha value is -3.10. The molecule has 2 unspecified atom stereocenters. The van der Waals surface area contributed by atoms with Crippen LogP contribution in [0.15, 0.2) is 30.5 Å². The van der Waals surface area contributed by atoms with Gasteiger partial charge < -0.3 is 24.5 Å². The summed E-state index contributed by atoms with van der Waals surface area (Å²) in [5.41, 5.74) is 10.5. The molecule has 2 aliphatic carbocycles. The summed E-state index contributed by atoms with van der Waals surface area (Å²) >= 11 is 6.26. The van der Waals surface area contributed by atoms with Gasteiger partial charge in [-0.25, -0.2) is 9.97 Å². The number of likely N-dealkylation sites (tertiary alicyclic amines) is 1. The van der Waals surface area contributed by atoms with E-state index in [9.17, 15) is 4.79 Å². The van der Waals surface area contributed by atoms with Crippen molar-refractivity contribution in [3.8, 4) is 17.3 Å². The first-order chi connectivity index (χ1) is 17.4. The second kappa shape index (κ2) is 7.95. The number of aryl methyl sites for hydroxylation is 1. The minimum atomic E-state index is 0.00624.